The van der Waals surface area contributed by atoms with E-state index in [0.29, 0.717) is 0 Å². The second kappa shape index (κ2) is 11.0. The quantitative estimate of drug-likeness (QED) is 0.455. The van der Waals surface area contributed by atoms with Crippen LogP contribution in [0.25, 0.3) is 10.4 Å². The molecular weight excluding hydrogens is 519 g/mol. The summed E-state index contributed by atoms with van der Waals surface area (Å²) < 4.78 is 14.4. The molecule has 3 N–H and O–H groups in total. The fraction of sp³-hybridized carbons (Fsp3) is 0.586. The molecule has 2 heterocycles. The fourth-order valence-corrected chi connectivity index (χ4v) is 5.83. The zero-order valence-electron chi connectivity index (χ0n) is 23.5. The van der Waals surface area contributed by atoms with Crippen LogP contribution in [0.2, 0.25) is 0 Å². The van der Waals surface area contributed by atoms with Crippen LogP contribution in [0.15, 0.2) is 29.8 Å². The van der Waals surface area contributed by atoms with Gasteiger partial charge < -0.3 is 20.6 Å². The van der Waals surface area contributed by atoms with Crippen LogP contribution >= 0.6 is 11.3 Å². The zero-order valence-corrected chi connectivity index (χ0v) is 24.3. The van der Waals surface area contributed by atoms with Gasteiger partial charge in [-0.15, -0.1) is 11.3 Å². The Morgan fingerprint density at radius 1 is 1.15 bits per heavy atom. The summed E-state index contributed by atoms with van der Waals surface area (Å²) in [4.78, 5) is 46.5. The molecular formula is C29H39FN4O4S. The molecule has 0 radical (unpaired) electrons. The summed E-state index contributed by atoms with van der Waals surface area (Å²) in [6.07, 6.45) is -0.516. The molecule has 1 aromatic carbocycles. The Bertz CT molecular complexity index is 1220. The minimum absolute atomic E-state index is 0.0324. The van der Waals surface area contributed by atoms with E-state index in [9.17, 15) is 23.9 Å². The maximum Gasteiger partial charge on any atom is 0.258 e. The molecule has 1 saturated carbocycles. The molecule has 1 unspecified atom stereocenters. The fourth-order valence-electron chi connectivity index (χ4n) is 5.02. The lowest BCUT2D eigenvalue weighted by Gasteiger charge is -2.36. The summed E-state index contributed by atoms with van der Waals surface area (Å²) >= 11 is 1.58. The molecule has 2 fully saturated rings. The minimum Gasteiger partial charge on any atom is -0.391 e. The number of likely N-dealkylation sites (tertiary alicyclic amines) is 1. The van der Waals surface area contributed by atoms with Crippen molar-refractivity contribution in [3.63, 3.8) is 0 Å². The number of alkyl halides is 1. The number of β-amino-alcohol motifs (C(OH)–C–C–N with tert-alkyl or cyclic N) is 1. The molecule has 2 aliphatic rings. The number of benzene rings is 1. The van der Waals surface area contributed by atoms with Gasteiger partial charge in [0.25, 0.3) is 5.91 Å². The first kappa shape index (κ1) is 29.1. The van der Waals surface area contributed by atoms with E-state index in [1.165, 1.54) is 4.90 Å². The van der Waals surface area contributed by atoms with Crippen LogP contribution in [0.4, 0.5) is 4.39 Å². The molecule has 0 bridgehead atoms. The third-order valence-corrected chi connectivity index (χ3v) is 8.57. The summed E-state index contributed by atoms with van der Waals surface area (Å²) in [5, 5.41) is 16.1. The van der Waals surface area contributed by atoms with Crippen LogP contribution in [0.1, 0.15) is 71.2 Å². The summed E-state index contributed by atoms with van der Waals surface area (Å²) in [5.74, 6) is -1.61. The summed E-state index contributed by atoms with van der Waals surface area (Å²) in [7, 11) is 0. The van der Waals surface area contributed by atoms with Gasteiger partial charge in [0.1, 0.15) is 12.1 Å². The number of hydrogen-bond acceptors (Lipinski definition) is 6. The van der Waals surface area contributed by atoms with Gasteiger partial charge in [0.05, 0.1) is 28.2 Å². The van der Waals surface area contributed by atoms with E-state index in [1.54, 1.807) is 32.1 Å². The monoisotopic (exact) mass is 558 g/mol. The second-order valence-electron chi connectivity index (χ2n) is 12.3. The molecule has 1 aliphatic heterocycles. The lowest BCUT2D eigenvalue weighted by Crippen LogP contribution is -2.59. The molecule has 3 amide bonds. The maximum atomic E-state index is 14.4. The number of halogens is 1. The van der Waals surface area contributed by atoms with Gasteiger partial charge in [-0.2, -0.15) is 0 Å². The predicted octanol–water partition coefficient (Wildman–Crippen LogP) is 3.93. The van der Waals surface area contributed by atoms with Gasteiger partial charge in [-0.25, -0.2) is 9.37 Å². The van der Waals surface area contributed by atoms with Crippen LogP contribution in [0.5, 0.6) is 0 Å². The van der Waals surface area contributed by atoms with Crippen molar-refractivity contribution in [1.29, 1.82) is 0 Å². The highest BCUT2D eigenvalue weighted by atomic mass is 32.1. The number of amides is 3. The highest BCUT2D eigenvalue weighted by Gasteiger charge is 2.53. The van der Waals surface area contributed by atoms with Crippen molar-refractivity contribution in [3.8, 4) is 10.4 Å². The van der Waals surface area contributed by atoms with Crippen LogP contribution in [-0.2, 0) is 14.4 Å². The molecule has 10 heteroatoms. The van der Waals surface area contributed by atoms with E-state index in [-0.39, 0.29) is 43.7 Å². The Kier molecular flexibility index (Phi) is 8.19. The number of aliphatic hydroxyl groups is 1. The van der Waals surface area contributed by atoms with Crippen LogP contribution < -0.4 is 10.6 Å². The number of nitrogens with one attached hydrogen (secondary N) is 2. The van der Waals surface area contributed by atoms with Gasteiger partial charge in [0.2, 0.25) is 11.8 Å². The molecule has 1 aliphatic carbocycles. The Morgan fingerprint density at radius 3 is 2.31 bits per heavy atom. The third-order valence-electron chi connectivity index (χ3n) is 7.59. The van der Waals surface area contributed by atoms with Crippen molar-refractivity contribution in [3.05, 3.63) is 41.0 Å². The molecule has 39 heavy (non-hydrogen) atoms. The molecule has 1 saturated heterocycles. The smallest absolute Gasteiger partial charge is 0.258 e. The second-order valence-corrected chi connectivity index (χ2v) is 13.1. The Hall–Kier alpha value is -2.85. The third kappa shape index (κ3) is 6.32. The minimum atomic E-state index is -1.93. The number of aliphatic hydroxyl groups excluding tert-OH is 1. The number of rotatable bonds is 8. The topological polar surface area (TPSA) is 112 Å². The van der Waals surface area contributed by atoms with E-state index in [0.717, 1.165) is 21.7 Å². The van der Waals surface area contributed by atoms with Crippen molar-refractivity contribution < 1.29 is 23.9 Å². The molecule has 1 aromatic heterocycles. The first-order chi connectivity index (χ1) is 18.2. The summed E-state index contributed by atoms with van der Waals surface area (Å²) in [6.45, 7) is 11.3. The lowest BCUT2D eigenvalue weighted by molar-refractivity contribution is -0.145. The van der Waals surface area contributed by atoms with Crippen molar-refractivity contribution in [2.24, 2.45) is 11.3 Å². The molecule has 8 nitrogen and oxygen atoms in total. The van der Waals surface area contributed by atoms with Crippen LogP contribution in [0.3, 0.4) is 0 Å². The largest absolute Gasteiger partial charge is 0.391 e. The van der Waals surface area contributed by atoms with E-state index in [4.69, 9.17) is 0 Å². The predicted molar refractivity (Wildman–Crippen MR) is 149 cm³/mol. The highest BCUT2D eigenvalue weighted by molar-refractivity contribution is 7.13. The number of thiazole rings is 1. The summed E-state index contributed by atoms with van der Waals surface area (Å²) in [6, 6.07) is 5.74. The van der Waals surface area contributed by atoms with E-state index < -0.39 is 41.1 Å². The van der Waals surface area contributed by atoms with Crippen LogP contribution in [-0.4, -0.2) is 63.1 Å². The Morgan fingerprint density at radius 2 is 1.79 bits per heavy atom. The van der Waals surface area contributed by atoms with Gasteiger partial charge >= 0.3 is 0 Å². The standard InChI is InChI=1S/C29H39FN4O4S/c1-16(2)22(18-7-9-19(10-8-18)23-17(3)31-15-39-23)32-25(36)21-13-20(35)14-34(21)26(37)24(28(4,5)6)33-27(38)29(30)11-12-29/h7-10,15-16,20-22,24,35H,11-14H2,1-6H3,(H,32,36)(H,33,38)/t20-,21?,22-,24-/m1/s1. The summed E-state index contributed by atoms with van der Waals surface area (Å²) in [5.41, 5.74) is 2.11. The number of aromatic nitrogens is 1. The van der Waals surface area contributed by atoms with Gasteiger partial charge in [-0.3, -0.25) is 14.4 Å². The number of aryl methyl sites for hydroxylation is 1. The maximum absolute atomic E-state index is 14.4. The highest BCUT2D eigenvalue weighted by Crippen LogP contribution is 2.40. The number of carbonyl (C=O) groups is 3. The number of nitrogens with zero attached hydrogens (tertiary/aromatic N) is 2. The van der Waals surface area contributed by atoms with Crippen molar-refractivity contribution in [2.75, 3.05) is 6.54 Å². The Labute approximate surface area is 233 Å². The Balaban J connectivity index is 1.51. The molecule has 4 rings (SSSR count). The van der Waals surface area contributed by atoms with Gasteiger partial charge in [0, 0.05) is 13.0 Å². The average Bonchev–Trinajstić information content (AvgIpc) is 3.28. The van der Waals surface area contributed by atoms with Crippen molar-refractivity contribution in [2.45, 2.75) is 90.7 Å². The first-order valence-corrected chi connectivity index (χ1v) is 14.4. The van der Waals surface area contributed by atoms with Crippen molar-refractivity contribution in [1.82, 2.24) is 20.5 Å². The van der Waals surface area contributed by atoms with Gasteiger partial charge in [-0.1, -0.05) is 58.9 Å². The van der Waals surface area contributed by atoms with Gasteiger partial charge in [0.15, 0.2) is 5.67 Å². The molecule has 2 aromatic rings. The van der Waals surface area contributed by atoms with E-state index in [1.807, 2.05) is 50.5 Å². The number of carbonyl (C=O) groups excluding carboxylic acids is 3. The molecule has 212 valence electrons. The number of hydrogen-bond donors (Lipinski definition) is 3. The van der Waals surface area contributed by atoms with Crippen molar-refractivity contribution >= 4 is 29.1 Å². The SMILES string of the molecule is Cc1ncsc1-c1ccc([C@H](NC(=O)C2C[C@@H](O)CN2C(=O)[C@@H](NC(=O)C2(F)CC2)C(C)(C)C)C(C)C)cc1. The lowest BCUT2D eigenvalue weighted by atomic mass is 9.85. The first-order valence-electron chi connectivity index (χ1n) is 13.5. The van der Waals surface area contributed by atoms with Crippen LogP contribution in [0, 0.1) is 18.3 Å². The molecule has 4 atom stereocenters. The normalized spacial score (nSPS) is 21.9. The van der Waals surface area contributed by atoms with E-state index >= 15 is 0 Å². The van der Waals surface area contributed by atoms with E-state index in [2.05, 4.69) is 15.6 Å². The average molecular weight is 559 g/mol. The van der Waals surface area contributed by atoms with Gasteiger partial charge in [-0.05, 0) is 42.2 Å². The zero-order chi connectivity index (χ0) is 28.7. The molecule has 0 spiro atoms.